The van der Waals surface area contributed by atoms with Gasteiger partial charge in [-0.15, -0.1) is 0 Å². The van der Waals surface area contributed by atoms with Gasteiger partial charge in [-0.2, -0.15) is 0 Å². The van der Waals surface area contributed by atoms with Crippen molar-refractivity contribution in [3.63, 3.8) is 0 Å². The molecule has 0 aliphatic rings. The van der Waals surface area contributed by atoms with Gasteiger partial charge in [0.2, 0.25) is 0 Å². The maximum Gasteiger partial charge on any atom is 0.105 e. The fourth-order valence-corrected chi connectivity index (χ4v) is 0.739. The van der Waals surface area contributed by atoms with Crippen LogP contribution in [0.25, 0.3) is 0 Å². The summed E-state index contributed by atoms with van der Waals surface area (Å²) in [6.07, 6.45) is 1.42. The minimum atomic E-state index is 0.391. The van der Waals surface area contributed by atoms with Gasteiger partial charge < -0.3 is 5.73 Å². The van der Waals surface area contributed by atoms with Gasteiger partial charge in [0, 0.05) is 11.5 Å². The highest BCUT2D eigenvalue weighted by Crippen LogP contribution is 2.11. The van der Waals surface area contributed by atoms with Gasteiger partial charge in [-0.3, -0.25) is 0 Å². The highest BCUT2D eigenvalue weighted by molar-refractivity contribution is 6.40. The quantitative estimate of drug-likeness (QED) is 0.571. The van der Waals surface area contributed by atoms with Crippen molar-refractivity contribution in [3.05, 3.63) is 22.2 Å². The molecule has 1 nitrogen and oxygen atoms in total. The van der Waals surface area contributed by atoms with Gasteiger partial charge in [0.1, 0.15) is 5.03 Å². The highest BCUT2D eigenvalue weighted by atomic mass is 35.5. The number of rotatable bonds is 3. The summed E-state index contributed by atoms with van der Waals surface area (Å²) in [6.45, 7) is 6.12. The summed E-state index contributed by atoms with van der Waals surface area (Å²) in [4.78, 5) is 0. The molecule has 0 saturated carbocycles. The molecule has 3 heteroatoms. The second-order valence-electron chi connectivity index (χ2n) is 2.61. The van der Waals surface area contributed by atoms with E-state index in [-0.39, 0.29) is 0 Å². The fourth-order valence-electron chi connectivity index (χ4n) is 0.625. The lowest BCUT2D eigenvalue weighted by Gasteiger charge is -1.95. The molecule has 13 heavy (non-hydrogen) atoms. The van der Waals surface area contributed by atoms with E-state index in [1.54, 1.807) is 6.92 Å². The van der Waals surface area contributed by atoms with E-state index in [1.807, 2.05) is 0 Å². The SMILES string of the molecule is C=C(CC#C/C(Cl)=C(\C)Cl)CCN. The van der Waals surface area contributed by atoms with Crippen LogP contribution in [0.2, 0.25) is 0 Å². The van der Waals surface area contributed by atoms with Crippen LogP contribution in [0.15, 0.2) is 22.2 Å². The summed E-state index contributed by atoms with van der Waals surface area (Å²) in [5.74, 6) is 5.60. The van der Waals surface area contributed by atoms with Crippen LogP contribution >= 0.6 is 23.2 Å². The molecule has 0 rings (SSSR count). The molecule has 0 aromatic heterocycles. The van der Waals surface area contributed by atoms with E-state index in [0.717, 1.165) is 12.0 Å². The topological polar surface area (TPSA) is 26.0 Å². The first-order valence-corrected chi connectivity index (χ1v) is 4.71. The Morgan fingerprint density at radius 2 is 2.08 bits per heavy atom. The molecule has 0 radical (unpaired) electrons. The Hall–Kier alpha value is -0.420. The Morgan fingerprint density at radius 3 is 2.54 bits per heavy atom. The Morgan fingerprint density at radius 1 is 1.46 bits per heavy atom. The molecule has 0 aliphatic carbocycles. The van der Waals surface area contributed by atoms with Gasteiger partial charge >= 0.3 is 0 Å². The van der Waals surface area contributed by atoms with Crippen LogP contribution in [-0.4, -0.2) is 6.54 Å². The summed E-state index contributed by atoms with van der Waals surface area (Å²) >= 11 is 11.3. The van der Waals surface area contributed by atoms with E-state index in [2.05, 4.69) is 18.4 Å². The van der Waals surface area contributed by atoms with E-state index in [1.165, 1.54) is 0 Å². The largest absolute Gasteiger partial charge is 0.330 e. The number of nitrogens with two attached hydrogens (primary N) is 1. The summed E-state index contributed by atoms with van der Waals surface area (Å²) in [6, 6.07) is 0. The van der Waals surface area contributed by atoms with E-state index < -0.39 is 0 Å². The molecule has 0 spiro atoms. The van der Waals surface area contributed by atoms with Gasteiger partial charge in [-0.1, -0.05) is 47.2 Å². The third-order valence-electron chi connectivity index (χ3n) is 1.34. The number of halogens is 2. The van der Waals surface area contributed by atoms with Crippen LogP contribution < -0.4 is 5.73 Å². The van der Waals surface area contributed by atoms with Crippen molar-refractivity contribution in [2.75, 3.05) is 6.54 Å². The third kappa shape index (κ3) is 6.72. The second kappa shape index (κ2) is 7.03. The van der Waals surface area contributed by atoms with Crippen molar-refractivity contribution >= 4 is 23.2 Å². The van der Waals surface area contributed by atoms with Gasteiger partial charge in [0.05, 0.1) is 0 Å². The molecule has 0 fully saturated rings. The van der Waals surface area contributed by atoms with Crippen molar-refractivity contribution < 1.29 is 0 Å². The van der Waals surface area contributed by atoms with E-state index >= 15 is 0 Å². The monoisotopic (exact) mass is 217 g/mol. The Kier molecular flexibility index (Phi) is 6.80. The highest BCUT2D eigenvalue weighted by Gasteiger charge is 1.91. The molecule has 0 bridgehead atoms. The maximum absolute atomic E-state index is 5.70. The lowest BCUT2D eigenvalue weighted by atomic mass is 10.1. The molecule has 0 heterocycles. The average Bonchev–Trinajstić information content (AvgIpc) is 2.04. The molecule has 0 saturated heterocycles. The smallest absolute Gasteiger partial charge is 0.105 e. The van der Waals surface area contributed by atoms with Gasteiger partial charge in [-0.25, -0.2) is 0 Å². The van der Waals surface area contributed by atoms with E-state index in [4.69, 9.17) is 28.9 Å². The number of hydrogen-bond donors (Lipinski definition) is 1. The first-order valence-electron chi connectivity index (χ1n) is 3.95. The summed E-state index contributed by atoms with van der Waals surface area (Å²) in [5.41, 5.74) is 6.36. The minimum Gasteiger partial charge on any atom is -0.330 e. The fraction of sp³-hybridized carbons (Fsp3) is 0.400. The maximum atomic E-state index is 5.70. The van der Waals surface area contributed by atoms with Crippen LogP contribution in [0.5, 0.6) is 0 Å². The number of hydrogen-bond acceptors (Lipinski definition) is 1. The number of allylic oxidation sites excluding steroid dienone is 2. The molecule has 72 valence electrons. The van der Waals surface area contributed by atoms with E-state index in [0.29, 0.717) is 23.0 Å². The Balaban J connectivity index is 4.01. The van der Waals surface area contributed by atoms with E-state index in [9.17, 15) is 0 Å². The van der Waals surface area contributed by atoms with Crippen molar-refractivity contribution in [3.8, 4) is 11.8 Å². The molecule has 0 unspecified atom stereocenters. The van der Waals surface area contributed by atoms with Gasteiger partial charge in [-0.05, 0) is 19.9 Å². The summed E-state index contributed by atoms with van der Waals surface area (Å²) in [5, 5.41) is 0.904. The van der Waals surface area contributed by atoms with Crippen molar-refractivity contribution in [1.82, 2.24) is 0 Å². The van der Waals surface area contributed by atoms with Crippen LogP contribution in [0.1, 0.15) is 19.8 Å². The van der Waals surface area contributed by atoms with Crippen LogP contribution in [0.3, 0.4) is 0 Å². The van der Waals surface area contributed by atoms with Crippen molar-refractivity contribution in [2.45, 2.75) is 19.8 Å². The van der Waals surface area contributed by atoms with Crippen LogP contribution in [-0.2, 0) is 0 Å². The molecule has 0 amide bonds. The zero-order chi connectivity index (χ0) is 10.3. The molecule has 0 aromatic rings. The molecule has 0 aliphatic heterocycles. The third-order valence-corrected chi connectivity index (χ3v) is 2.00. The van der Waals surface area contributed by atoms with Gasteiger partial charge in [0.25, 0.3) is 0 Å². The second-order valence-corrected chi connectivity index (χ2v) is 3.56. The molecular formula is C10H13Cl2N. The lowest BCUT2D eigenvalue weighted by Crippen LogP contribution is -1.98. The molecule has 0 atom stereocenters. The Labute approximate surface area is 89.6 Å². The lowest BCUT2D eigenvalue weighted by molar-refractivity contribution is 0.932. The zero-order valence-corrected chi connectivity index (χ0v) is 9.17. The molecule has 2 N–H and O–H groups in total. The first kappa shape index (κ1) is 12.6. The van der Waals surface area contributed by atoms with Crippen LogP contribution in [0.4, 0.5) is 0 Å². The standard InChI is InChI=1S/C10H13Cl2N/c1-8(6-7-13)4-3-5-10(12)9(2)11/h1,4,6-7,13H2,2H3/b10-9-. The molecule has 0 aromatic carbocycles. The minimum absolute atomic E-state index is 0.391. The zero-order valence-electron chi connectivity index (χ0n) is 7.66. The summed E-state index contributed by atoms with van der Waals surface area (Å²) in [7, 11) is 0. The summed E-state index contributed by atoms with van der Waals surface area (Å²) < 4.78 is 0. The van der Waals surface area contributed by atoms with Gasteiger partial charge in [0.15, 0.2) is 0 Å². The predicted molar refractivity (Wildman–Crippen MR) is 59.6 cm³/mol. The molecular weight excluding hydrogens is 205 g/mol. The van der Waals surface area contributed by atoms with Crippen LogP contribution in [0, 0.1) is 11.8 Å². The predicted octanol–water partition coefficient (Wildman–Crippen LogP) is 2.99. The average molecular weight is 218 g/mol. The Bertz CT molecular complexity index is 264. The normalized spacial score (nSPS) is 11.4. The van der Waals surface area contributed by atoms with Crippen molar-refractivity contribution in [1.29, 1.82) is 0 Å². The first-order chi connectivity index (χ1) is 6.07. The van der Waals surface area contributed by atoms with Crippen molar-refractivity contribution in [2.24, 2.45) is 5.73 Å².